The normalized spacial score (nSPS) is 14.0. The highest BCUT2D eigenvalue weighted by atomic mass is 79.9. The first-order chi connectivity index (χ1) is 9.24. The summed E-state index contributed by atoms with van der Waals surface area (Å²) in [5.41, 5.74) is 2.95. The van der Waals surface area contributed by atoms with E-state index in [1.54, 1.807) is 0 Å². The Bertz CT molecular complexity index is 618. The topological polar surface area (TPSA) is 49.8 Å². The van der Waals surface area contributed by atoms with Crippen molar-refractivity contribution < 1.29 is 0 Å². The fourth-order valence-electron chi connectivity index (χ4n) is 2.04. The van der Waals surface area contributed by atoms with Gasteiger partial charge in [-0.15, -0.1) is 0 Å². The fraction of sp³-hybridized carbons (Fsp3) is 0.231. The number of nitrogens with zero attached hydrogens (tertiary/aromatic N) is 2. The average molecular weight is 340 g/mol. The predicted octanol–water partition coefficient (Wildman–Crippen LogP) is 3.28. The van der Waals surface area contributed by atoms with Crippen LogP contribution in [0.5, 0.6) is 0 Å². The molecular weight excluding hydrogens is 328 g/mol. The third-order valence-electron chi connectivity index (χ3n) is 3.00. The van der Waals surface area contributed by atoms with Crippen LogP contribution in [-0.4, -0.2) is 16.5 Å². The lowest BCUT2D eigenvalue weighted by atomic mass is 10.1. The summed E-state index contributed by atoms with van der Waals surface area (Å²) in [5.74, 6) is 0.539. The summed E-state index contributed by atoms with van der Waals surface area (Å²) in [6.07, 6.45) is 0.877. The molecule has 1 aliphatic heterocycles. The second-order valence-electron chi connectivity index (χ2n) is 4.29. The van der Waals surface area contributed by atoms with Gasteiger partial charge >= 0.3 is 0 Å². The number of fused-ring (bicyclic) bond motifs is 1. The first-order valence-electron chi connectivity index (χ1n) is 6.01. The van der Waals surface area contributed by atoms with Crippen LogP contribution >= 0.6 is 27.5 Å². The van der Waals surface area contributed by atoms with Crippen LogP contribution in [0.1, 0.15) is 11.3 Å². The molecule has 2 heterocycles. The van der Waals surface area contributed by atoms with E-state index in [9.17, 15) is 0 Å². The molecule has 0 aliphatic carbocycles. The first-order valence-corrected chi connectivity index (χ1v) is 7.18. The van der Waals surface area contributed by atoms with E-state index >= 15 is 0 Å². The smallest absolute Gasteiger partial charge is 0.228 e. The van der Waals surface area contributed by atoms with E-state index in [4.69, 9.17) is 11.6 Å². The molecule has 0 bridgehead atoms. The van der Waals surface area contributed by atoms with Gasteiger partial charge in [-0.1, -0.05) is 23.7 Å². The molecule has 2 aromatic rings. The molecule has 1 aliphatic rings. The van der Waals surface area contributed by atoms with Crippen molar-refractivity contribution in [3.05, 3.63) is 45.1 Å². The quantitative estimate of drug-likeness (QED) is 0.825. The Hall–Kier alpha value is -1.17. The van der Waals surface area contributed by atoms with E-state index in [0.29, 0.717) is 11.1 Å². The minimum absolute atomic E-state index is 0.520. The van der Waals surface area contributed by atoms with Crippen molar-refractivity contribution in [2.45, 2.75) is 13.0 Å². The number of rotatable bonds is 2. The number of aromatic nitrogens is 2. The van der Waals surface area contributed by atoms with Crippen LogP contribution in [0.4, 0.5) is 11.6 Å². The van der Waals surface area contributed by atoms with Crippen LogP contribution in [0.15, 0.2) is 28.7 Å². The van der Waals surface area contributed by atoms with Crippen molar-refractivity contribution in [3.63, 3.8) is 0 Å². The van der Waals surface area contributed by atoms with Crippen LogP contribution in [-0.2, 0) is 13.0 Å². The number of hydrogen-bond donors (Lipinski definition) is 2. The Balaban J connectivity index is 1.94. The van der Waals surface area contributed by atoms with Gasteiger partial charge in [0.2, 0.25) is 5.95 Å². The molecule has 0 saturated carbocycles. The number of benzene rings is 1. The van der Waals surface area contributed by atoms with Crippen molar-refractivity contribution in [2.24, 2.45) is 0 Å². The van der Waals surface area contributed by atoms with Gasteiger partial charge in [0.15, 0.2) is 0 Å². The summed E-state index contributed by atoms with van der Waals surface area (Å²) in [6.45, 7) is 1.66. The Morgan fingerprint density at radius 3 is 2.95 bits per heavy atom. The molecule has 0 fully saturated rings. The predicted molar refractivity (Wildman–Crippen MR) is 79.9 cm³/mol. The Morgan fingerprint density at radius 2 is 2.11 bits per heavy atom. The first kappa shape index (κ1) is 12.8. The van der Waals surface area contributed by atoms with Gasteiger partial charge in [0.25, 0.3) is 0 Å². The van der Waals surface area contributed by atoms with Crippen molar-refractivity contribution in [1.82, 2.24) is 15.3 Å². The number of para-hydroxylation sites is 1. The van der Waals surface area contributed by atoms with Crippen LogP contribution in [0.3, 0.4) is 0 Å². The van der Waals surface area contributed by atoms with Crippen molar-refractivity contribution in [3.8, 4) is 0 Å². The molecule has 0 radical (unpaired) electrons. The Kier molecular flexibility index (Phi) is 3.68. The summed E-state index contributed by atoms with van der Waals surface area (Å²) in [6, 6.07) is 7.84. The van der Waals surface area contributed by atoms with Crippen LogP contribution in [0.2, 0.25) is 5.15 Å². The van der Waals surface area contributed by atoms with Gasteiger partial charge in [-0.2, -0.15) is 0 Å². The van der Waals surface area contributed by atoms with Gasteiger partial charge < -0.3 is 10.6 Å². The SMILES string of the molecule is Clc1nc(Nc2ccccc2Br)nc2c1CNCC2. The zero-order valence-corrected chi connectivity index (χ0v) is 12.4. The minimum atomic E-state index is 0.520. The summed E-state index contributed by atoms with van der Waals surface area (Å²) >= 11 is 9.70. The molecular formula is C13H12BrClN4. The minimum Gasteiger partial charge on any atom is -0.323 e. The van der Waals surface area contributed by atoms with Gasteiger partial charge in [-0.25, -0.2) is 9.97 Å². The molecule has 98 valence electrons. The van der Waals surface area contributed by atoms with Gasteiger partial charge in [0.05, 0.1) is 11.4 Å². The van der Waals surface area contributed by atoms with E-state index in [1.807, 2.05) is 24.3 Å². The summed E-state index contributed by atoms with van der Waals surface area (Å²) < 4.78 is 0.967. The molecule has 0 unspecified atom stereocenters. The molecule has 1 aromatic carbocycles. The van der Waals surface area contributed by atoms with Crippen LogP contribution in [0, 0.1) is 0 Å². The molecule has 19 heavy (non-hydrogen) atoms. The summed E-state index contributed by atoms with van der Waals surface area (Å²) in [5, 5.41) is 6.98. The van der Waals surface area contributed by atoms with E-state index in [2.05, 4.69) is 36.5 Å². The largest absolute Gasteiger partial charge is 0.323 e. The van der Waals surface area contributed by atoms with Crippen molar-refractivity contribution in [2.75, 3.05) is 11.9 Å². The highest BCUT2D eigenvalue weighted by Crippen LogP contribution is 2.26. The molecule has 0 saturated heterocycles. The molecule has 0 spiro atoms. The van der Waals surface area contributed by atoms with Crippen LogP contribution in [0.25, 0.3) is 0 Å². The van der Waals surface area contributed by atoms with Crippen molar-refractivity contribution >= 4 is 39.2 Å². The maximum absolute atomic E-state index is 6.21. The highest BCUT2D eigenvalue weighted by Gasteiger charge is 2.16. The molecule has 3 rings (SSSR count). The lowest BCUT2D eigenvalue weighted by Crippen LogP contribution is -2.25. The molecule has 4 nitrogen and oxygen atoms in total. The fourth-order valence-corrected chi connectivity index (χ4v) is 2.68. The maximum Gasteiger partial charge on any atom is 0.228 e. The maximum atomic E-state index is 6.21. The van der Waals surface area contributed by atoms with E-state index in [-0.39, 0.29) is 0 Å². The lowest BCUT2D eigenvalue weighted by Gasteiger charge is -2.18. The van der Waals surface area contributed by atoms with Gasteiger partial charge in [0.1, 0.15) is 5.15 Å². The third-order valence-corrected chi connectivity index (χ3v) is 4.01. The van der Waals surface area contributed by atoms with E-state index in [0.717, 1.165) is 40.9 Å². The van der Waals surface area contributed by atoms with E-state index in [1.165, 1.54) is 0 Å². The average Bonchev–Trinajstić information content (AvgIpc) is 2.42. The number of hydrogen-bond acceptors (Lipinski definition) is 4. The molecule has 0 atom stereocenters. The molecule has 0 amide bonds. The summed E-state index contributed by atoms with van der Waals surface area (Å²) in [4.78, 5) is 8.85. The number of anilines is 2. The zero-order valence-electron chi connectivity index (χ0n) is 10.1. The van der Waals surface area contributed by atoms with Crippen LogP contribution < -0.4 is 10.6 Å². The Labute approximate surface area is 124 Å². The Morgan fingerprint density at radius 1 is 1.26 bits per heavy atom. The standard InChI is InChI=1S/C13H12BrClN4/c14-9-3-1-2-4-11(9)18-13-17-10-5-6-16-7-8(10)12(15)19-13/h1-4,16H,5-7H2,(H,17,18,19). The molecule has 2 N–H and O–H groups in total. The third kappa shape index (κ3) is 2.73. The molecule has 6 heteroatoms. The van der Waals surface area contributed by atoms with Gasteiger partial charge in [0, 0.05) is 29.5 Å². The van der Waals surface area contributed by atoms with Gasteiger partial charge in [-0.05, 0) is 28.1 Å². The second-order valence-corrected chi connectivity index (χ2v) is 5.51. The zero-order chi connectivity index (χ0) is 13.2. The summed E-state index contributed by atoms with van der Waals surface area (Å²) in [7, 11) is 0. The number of halogens is 2. The lowest BCUT2D eigenvalue weighted by molar-refractivity contribution is 0.627. The highest BCUT2D eigenvalue weighted by molar-refractivity contribution is 9.10. The van der Waals surface area contributed by atoms with Crippen molar-refractivity contribution in [1.29, 1.82) is 0 Å². The monoisotopic (exact) mass is 338 g/mol. The number of nitrogens with one attached hydrogen (secondary N) is 2. The van der Waals surface area contributed by atoms with E-state index < -0.39 is 0 Å². The second kappa shape index (κ2) is 5.45. The molecule has 1 aromatic heterocycles. The van der Waals surface area contributed by atoms with Gasteiger partial charge in [-0.3, -0.25) is 0 Å².